The summed E-state index contributed by atoms with van der Waals surface area (Å²) in [5, 5.41) is 12.9. The molecule has 1 heterocycles. The van der Waals surface area contributed by atoms with Gasteiger partial charge in [0.05, 0.1) is 0 Å². The van der Waals surface area contributed by atoms with Gasteiger partial charge in [0.2, 0.25) is 0 Å². The van der Waals surface area contributed by atoms with Crippen LogP contribution in [-0.2, 0) is 4.74 Å². The van der Waals surface area contributed by atoms with Crippen LogP contribution < -0.4 is 10.6 Å². The van der Waals surface area contributed by atoms with E-state index in [2.05, 4.69) is 22.8 Å². The van der Waals surface area contributed by atoms with Crippen LogP contribution in [0.3, 0.4) is 0 Å². The maximum Gasteiger partial charge on any atom is 0.179 e. The van der Waals surface area contributed by atoms with Crippen molar-refractivity contribution in [3.05, 3.63) is 58.7 Å². The SMILES string of the molecule is CCOC(O)C(c1ccccc1)n1ccc2c1=CCCC=2. The first-order valence-corrected chi connectivity index (χ1v) is 7.53. The first kappa shape index (κ1) is 14.1. The molecule has 0 fully saturated rings. The maximum atomic E-state index is 10.5. The van der Waals surface area contributed by atoms with Gasteiger partial charge in [0.1, 0.15) is 6.04 Å². The number of hydrogen-bond donors (Lipinski definition) is 1. The lowest BCUT2D eigenvalue weighted by Crippen LogP contribution is -2.38. The number of hydrogen-bond acceptors (Lipinski definition) is 2. The summed E-state index contributed by atoms with van der Waals surface area (Å²) in [6.45, 7) is 2.39. The van der Waals surface area contributed by atoms with Crippen LogP contribution in [0.1, 0.15) is 31.4 Å². The fraction of sp³-hybridized carbons (Fsp3) is 0.333. The van der Waals surface area contributed by atoms with E-state index in [-0.39, 0.29) is 6.04 Å². The highest BCUT2D eigenvalue weighted by Crippen LogP contribution is 2.21. The van der Waals surface area contributed by atoms with E-state index in [4.69, 9.17) is 4.74 Å². The van der Waals surface area contributed by atoms with E-state index in [1.165, 1.54) is 10.6 Å². The van der Waals surface area contributed by atoms with Gasteiger partial charge in [-0.1, -0.05) is 42.5 Å². The van der Waals surface area contributed by atoms with Gasteiger partial charge >= 0.3 is 0 Å². The molecule has 0 saturated carbocycles. The smallest absolute Gasteiger partial charge is 0.179 e. The number of fused-ring (bicyclic) bond motifs is 1. The summed E-state index contributed by atoms with van der Waals surface area (Å²) in [4.78, 5) is 0. The number of benzene rings is 1. The van der Waals surface area contributed by atoms with Crippen molar-refractivity contribution < 1.29 is 9.84 Å². The Balaban J connectivity index is 2.10. The Hall–Kier alpha value is -1.84. The molecule has 1 aromatic heterocycles. The molecule has 1 aliphatic rings. The molecule has 1 aromatic carbocycles. The van der Waals surface area contributed by atoms with E-state index in [1.807, 2.05) is 43.5 Å². The summed E-state index contributed by atoms with van der Waals surface area (Å²) in [6.07, 6.45) is 7.81. The van der Waals surface area contributed by atoms with Crippen LogP contribution in [0.4, 0.5) is 0 Å². The molecule has 2 aromatic rings. The van der Waals surface area contributed by atoms with E-state index in [9.17, 15) is 5.11 Å². The molecular formula is C18H21NO2. The van der Waals surface area contributed by atoms with Gasteiger partial charge in [-0.05, 0) is 36.6 Å². The zero-order valence-electron chi connectivity index (χ0n) is 12.3. The molecule has 2 atom stereocenters. The van der Waals surface area contributed by atoms with Crippen molar-refractivity contribution in [2.45, 2.75) is 32.1 Å². The van der Waals surface area contributed by atoms with Gasteiger partial charge in [-0.15, -0.1) is 0 Å². The van der Waals surface area contributed by atoms with Gasteiger partial charge in [-0.2, -0.15) is 0 Å². The minimum Gasteiger partial charge on any atom is -0.366 e. The average molecular weight is 283 g/mol. The molecule has 0 amide bonds. The van der Waals surface area contributed by atoms with Crippen LogP contribution in [0, 0.1) is 0 Å². The van der Waals surface area contributed by atoms with Gasteiger partial charge in [0, 0.05) is 18.2 Å². The van der Waals surface area contributed by atoms with Crippen LogP contribution >= 0.6 is 0 Å². The average Bonchev–Trinajstić information content (AvgIpc) is 2.93. The number of ether oxygens (including phenoxy) is 1. The summed E-state index contributed by atoms with van der Waals surface area (Å²) in [7, 11) is 0. The number of aromatic nitrogens is 1. The van der Waals surface area contributed by atoms with Crippen LogP contribution in [0.15, 0.2) is 42.6 Å². The standard InChI is InChI=1S/C18H21NO2/c1-2-21-18(20)17(15-9-4-3-5-10-15)19-13-12-14-8-6-7-11-16(14)19/h3-5,8-13,17-18,20H,2,6-7H2,1H3. The minimum absolute atomic E-state index is 0.224. The predicted molar refractivity (Wildman–Crippen MR) is 84.1 cm³/mol. The molecule has 3 nitrogen and oxygen atoms in total. The summed E-state index contributed by atoms with van der Waals surface area (Å²) >= 11 is 0. The maximum absolute atomic E-state index is 10.5. The van der Waals surface area contributed by atoms with Crippen molar-refractivity contribution in [1.82, 2.24) is 4.57 Å². The van der Waals surface area contributed by atoms with E-state index < -0.39 is 6.29 Å². The zero-order valence-corrected chi connectivity index (χ0v) is 12.3. The van der Waals surface area contributed by atoms with Gasteiger partial charge in [-0.3, -0.25) is 0 Å². The molecule has 0 radical (unpaired) electrons. The highest BCUT2D eigenvalue weighted by Gasteiger charge is 2.23. The quantitative estimate of drug-likeness (QED) is 0.849. The first-order chi connectivity index (χ1) is 10.3. The molecule has 0 aliphatic heterocycles. The van der Waals surface area contributed by atoms with E-state index >= 15 is 0 Å². The third-order valence-electron chi connectivity index (χ3n) is 3.91. The molecule has 3 heteroatoms. The normalized spacial score (nSPS) is 16.5. The van der Waals surface area contributed by atoms with Crippen LogP contribution in [0.2, 0.25) is 0 Å². The Labute approximate surface area is 124 Å². The molecule has 1 N–H and O–H groups in total. The lowest BCUT2D eigenvalue weighted by molar-refractivity contribution is -0.116. The fourth-order valence-electron chi connectivity index (χ4n) is 2.95. The molecule has 2 unspecified atom stereocenters. The molecule has 21 heavy (non-hydrogen) atoms. The second kappa shape index (κ2) is 6.29. The number of rotatable bonds is 5. The Kier molecular flexibility index (Phi) is 4.23. The number of aliphatic hydroxyl groups is 1. The number of aliphatic hydroxyl groups excluding tert-OH is 1. The molecular weight excluding hydrogens is 262 g/mol. The Bertz CT molecular complexity index is 703. The van der Waals surface area contributed by atoms with Crippen LogP contribution in [0.5, 0.6) is 0 Å². The van der Waals surface area contributed by atoms with Crippen molar-refractivity contribution in [3.63, 3.8) is 0 Å². The van der Waals surface area contributed by atoms with Crippen molar-refractivity contribution in [3.8, 4) is 0 Å². The minimum atomic E-state index is -0.857. The summed E-state index contributed by atoms with van der Waals surface area (Å²) < 4.78 is 7.61. The van der Waals surface area contributed by atoms with Crippen molar-refractivity contribution in [1.29, 1.82) is 0 Å². The molecule has 0 bridgehead atoms. The fourth-order valence-corrected chi connectivity index (χ4v) is 2.95. The van der Waals surface area contributed by atoms with Crippen LogP contribution in [0.25, 0.3) is 12.2 Å². The second-order valence-corrected chi connectivity index (χ2v) is 5.25. The Morgan fingerprint density at radius 1 is 1.14 bits per heavy atom. The predicted octanol–water partition coefficient (Wildman–Crippen LogP) is 1.79. The van der Waals surface area contributed by atoms with Gasteiger partial charge < -0.3 is 14.4 Å². The monoisotopic (exact) mass is 283 g/mol. The third kappa shape index (κ3) is 2.80. The lowest BCUT2D eigenvalue weighted by atomic mass is 10.1. The molecule has 110 valence electrons. The van der Waals surface area contributed by atoms with Gasteiger partial charge in [0.25, 0.3) is 0 Å². The molecule has 0 spiro atoms. The molecule has 1 aliphatic carbocycles. The first-order valence-electron chi connectivity index (χ1n) is 7.53. The zero-order chi connectivity index (χ0) is 14.7. The van der Waals surface area contributed by atoms with Crippen molar-refractivity contribution in [2.75, 3.05) is 6.61 Å². The molecule has 3 rings (SSSR count). The van der Waals surface area contributed by atoms with E-state index in [1.54, 1.807) is 0 Å². The highest BCUT2D eigenvalue weighted by atomic mass is 16.6. The van der Waals surface area contributed by atoms with Gasteiger partial charge in [0.15, 0.2) is 6.29 Å². The molecule has 0 saturated heterocycles. The summed E-state index contributed by atoms with van der Waals surface area (Å²) in [5.41, 5.74) is 1.05. The van der Waals surface area contributed by atoms with Crippen molar-refractivity contribution in [2.24, 2.45) is 0 Å². The largest absolute Gasteiger partial charge is 0.366 e. The van der Waals surface area contributed by atoms with E-state index in [0.29, 0.717) is 6.61 Å². The van der Waals surface area contributed by atoms with E-state index in [0.717, 1.165) is 18.4 Å². The highest BCUT2D eigenvalue weighted by molar-refractivity contribution is 5.37. The topological polar surface area (TPSA) is 34.4 Å². The van der Waals surface area contributed by atoms with Crippen molar-refractivity contribution >= 4 is 12.2 Å². The van der Waals surface area contributed by atoms with Crippen LogP contribution in [-0.4, -0.2) is 22.6 Å². The van der Waals surface area contributed by atoms with Gasteiger partial charge in [-0.25, -0.2) is 0 Å². The summed E-state index contributed by atoms with van der Waals surface area (Å²) in [6, 6.07) is 11.9. The lowest BCUT2D eigenvalue weighted by Gasteiger charge is -2.25. The Morgan fingerprint density at radius 2 is 1.90 bits per heavy atom. The second-order valence-electron chi connectivity index (χ2n) is 5.25. The summed E-state index contributed by atoms with van der Waals surface area (Å²) in [5.74, 6) is 0. The number of nitrogens with zero attached hydrogens (tertiary/aromatic N) is 1. The third-order valence-corrected chi connectivity index (χ3v) is 3.91. The Morgan fingerprint density at radius 3 is 2.67 bits per heavy atom.